The number of piperazine rings is 1. The maximum Gasteiger partial charge on any atom is 0.292 e. The van der Waals surface area contributed by atoms with E-state index in [1.54, 1.807) is 36.3 Å². The number of rotatable bonds is 5. The number of nitrogens with zero attached hydrogens (tertiary/aromatic N) is 3. The van der Waals surface area contributed by atoms with Crippen LogP contribution in [0, 0.1) is 10.1 Å². The molecule has 2 aromatic carbocycles. The van der Waals surface area contributed by atoms with E-state index in [0.717, 1.165) is 5.56 Å². The SMILES string of the molecule is COCc1cccc(C(=O)N2CCN(c3ccccc3[N+](=O)[O-])CC2)c1. The van der Waals surface area contributed by atoms with Crippen LogP contribution in [0.25, 0.3) is 0 Å². The first-order chi connectivity index (χ1) is 12.6. The third-order valence-electron chi connectivity index (χ3n) is 4.47. The molecule has 0 atom stereocenters. The predicted molar refractivity (Wildman–Crippen MR) is 98.4 cm³/mol. The Bertz CT molecular complexity index is 801. The number of carbonyl (C=O) groups excluding carboxylic acids is 1. The minimum absolute atomic E-state index is 0.0230. The van der Waals surface area contributed by atoms with Crippen molar-refractivity contribution in [3.8, 4) is 0 Å². The Morgan fingerprint density at radius 3 is 2.54 bits per heavy atom. The van der Waals surface area contributed by atoms with Crippen LogP contribution < -0.4 is 4.90 Å². The molecule has 0 spiro atoms. The van der Waals surface area contributed by atoms with E-state index in [0.29, 0.717) is 44.0 Å². The summed E-state index contributed by atoms with van der Waals surface area (Å²) in [6.45, 7) is 2.65. The molecular weight excluding hydrogens is 334 g/mol. The first-order valence-electron chi connectivity index (χ1n) is 8.45. The van der Waals surface area contributed by atoms with Crippen LogP contribution >= 0.6 is 0 Å². The zero-order chi connectivity index (χ0) is 18.5. The summed E-state index contributed by atoms with van der Waals surface area (Å²) in [6, 6.07) is 14.1. The van der Waals surface area contributed by atoms with E-state index >= 15 is 0 Å². The lowest BCUT2D eigenvalue weighted by atomic mass is 10.1. The summed E-state index contributed by atoms with van der Waals surface area (Å²) in [5, 5.41) is 11.2. The number of benzene rings is 2. The molecule has 0 aromatic heterocycles. The maximum atomic E-state index is 12.7. The van der Waals surface area contributed by atoms with Gasteiger partial charge in [-0.25, -0.2) is 0 Å². The summed E-state index contributed by atoms with van der Waals surface area (Å²) in [5.41, 5.74) is 2.29. The average molecular weight is 355 g/mol. The molecule has 1 saturated heterocycles. The van der Waals surface area contributed by atoms with Crippen LogP contribution in [0.5, 0.6) is 0 Å². The molecule has 1 fully saturated rings. The second-order valence-electron chi connectivity index (χ2n) is 6.16. The number of ether oxygens (including phenoxy) is 1. The number of amides is 1. The van der Waals surface area contributed by atoms with Crippen molar-refractivity contribution in [3.05, 3.63) is 69.8 Å². The summed E-state index contributed by atoms with van der Waals surface area (Å²) < 4.78 is 5.12. The molecular formula is C19H21N3O4. The van der Waals surface area contributed by atoms with Crippen molar-refractivity contribution in [2.45, 2.75) is 6.61 Å². The van der Waals surface area contributed by atoms with Crippen LogP contribution in [0.4, 0.5) is 11.4 Å². The summed E-state index contributed by atoms with van der Waals surface area (Å²) in [5.74, 6) is -0.0230. The molecule has 2 aromatic rings. The number of nitro groups is 1. The van der Waals surface area contributed by atoms with Crippen LogP contribution in [0.2, 0.25) is 0 Å². The molecule has 0 unspecified atom stereocenters. The van der Waals surface area contributed by atoms with Crippen molar-refractivity contribution >= 4 is 17.3 Å². The smallest absolute Gasteiger partial charge is 0.292 e. The van der Waals surface area contributed by atoms with Crippen LogP contribution in [0.1, 0.15) is 15.9 Å². The molecule has 0 saturated carbocycles. The highest BCUT2D eigenvalue weighted by atomic mass is 16.6. The fourth-order valence-electron chi connectivity index (χ4n) is 3.18. The van der Waals surface area contributed by atoms with Gasteiger partial charge in [-0.1, -0.05) is 24.3 Å². The van der Waals surface area contributed by atoms with Crippen molar-refractivity contribution in [2.75, 3.05) is 38.2 Å². The van der Waals surface area contributed by atoms with Crippen molar-refractivity contribution in [1.82, 2.24) is 4.90 Å². The average Bonchev–Trinajstić information content (AvgIpc) is 2.68. The van der Waals surface area contributed by atoms with Gasteiger partial charge in [0.05, 0.1) is 11.5 Å². The summed E-state index contributed by atoms with van der Waals surface area (Å²) >= 11 is 0. The molecule has 0 N–H and O–H groups in total. The molecule has 1 aliphatic heterocycles. The largest absolute Gasteiger partial charge is 0.380 e. The van der Waals surface area contributed by atoms with Gasteiger partial charge in [0.1, 0.15) is 5.69 Å². The fourth-order valence-corrected chi connectivity index (χ4v) is 3.18. The number of para-hydroxylation sites is 2. The Labute approximate surface area is 151 Å². The highest BCUT2D eigenvalue weighted by Crippen LogP contribution is 2.28. The molecule has 136 valence electrons. The second-order valence-corrected chi connectivity index (χ2v) is 6.16. The Hall–Kier alpha value is -2.93. The van der Waals surface area contributed by atoms with Gasteiger partial charge in [0, 0.05) is 44.9 Å². The molecule has 1 amide bonds. The second kappa shape index (κ2) is 7.97. The van der Waals surface area contributed by atoms with Crippen LogP contribution in [-0.4, -0.2) is 49.0 Å². The molecule has 26 heavy (non-hydrogen) atoms. The number of nitro benzene ring substituents is 1. The van der Waals surface area contributed by atoms with E-state index < -0.39 is 0 Å². The zero-order valence-corrected chi connectivity index (χ0v) is 14.6. The lowest BCUT2D eigenvalue weighted by Crippen LogP contribution is -2.49. The Balaban J connectivity index is 1.68. The minimum Gasteiger partial charge on any atom is -0.380 e. The van der Waals surface area contributed by atoms with Gasteiger partial charge in [0.25, 0.3) is 11.6 Å². The van der Waals surface area contributed by atoms with Gasteiger partial charge in [-0.3, -0.25) is 14.9 Å². The van der Waals surface area contributed by atoms with Crippen molar-refractivity contribution in [1.29, 1.82) is 0 Å². The number of methoxy groups -OCH3 is 1. The van der Waals surface area contributed by atoms with E-state index in [1.165, 1.54) is 6.07 Å². The fraction of sp³-hybridized carbons (Fsp3) is 0.316. The normalized spacial score (nSPS) is 14.3. The highest BCUT2D eigenvalue weighted by molar-refractivity contribution is 5.94. The van der Waals surface area contributed by atoms with E-state index in [2.05, 4.69) is 0 Å². The van der Waals surface area contributed by atoms with Gasteiger partial charge in [0.2, 0.25) is 0 Å². The van der Waals surface area contributed by atoms with Gasteiger partial charge in [0.15, 0.2) is 0 Å². The lowest BCUT2D eigenvalue weighted by Gasteiger charge is -2.35. The first-order valence-corrected chi connectivity index (χ1v) is 8.45. The highest BCUT2D eigenvalue weighted by Gasteiger charge is 2.26. The molecule has 1 heterocycles. The van der Waals surface area contributed by atoms with E-state index in [-0.39, 0.29) is 16.5 Å². The monoisotopic (exact) mass is 355 g/mol. The third kappa shape index (κ3) is 3.83. The zero-order valence-electron chi connectivity index (χ0n) is 14.6. The van der Waals surface area contributed by atoms with E-state index in [4.69, 9.17) is 4.74 Å². The molecule has 7 nitrogen and oxygen atoms in total. The quantitative estimate of drug-likeness (QED) is 0.609. The predicted octanol–water partition coefficient (Wildman–Crippen LogP) is 2.70. The number of carbonyl (C=O) groups is 1. The third-order valence-corrected chi connectivity index (χ3v) is 4.47. The van der Waals surface area contributed by atoms with Crippen molar-refractivity contribution in [3.63, 3.8) is 0 Å². The maximum absolute atomic E-state index is 12.7. The van der Waals surface area contributed by atoms with E-state index in [9.17, 15) is 14.9 Å². The van der Waals surface area contributed by atoms with Crippen LogP contribution in [0.15, 0.2) is 48.5 Å². The van der Waals surface area contributed by atoms with Gasteiger partial charge in [-0.2, -0.15) is 0 Å². The van der Waals surface area contributed by atoms with E-state index in [1.807, 2.05) is 23.1 Å². The summed E-state index contributed by atoms with van der Waals surface area (Å²) in [7, 11) is 1.62. The Kier molecular flexibility index (Phi) is 5.48. The van der Waals surface area contributed by atoms with Crippen molar-refractivity contribution in [2.24, 2.45) is 0 Å². The lowest BCUT2D eigenvalue weighted by molar-refractivity contribution is -0.384. The standard InChI is InChI=1S/C19H21N3O4/c1-26-14-15-5-4-6-16(13-15)19(23)21-11-9-20(10-12-21)17-7-2-3-8-18(17)22(24)25/h2-8,13H,9-12,14H2,1H3. The molecule has 7 heteroatoms. The number of anilines is 1. The summed E-state index contributed by atoms with van der Waals surface area (Å²) in [6.07, 6.45) is 0. The van der Waals surface area contributed by atoms with Gasteiger partial charge >= 0.3 is 0 Å². The Morgan fingerprint density at radius 2 is 1.85 bits per heavy atom. The minimum atomic E-state index is -0.367. The van der Waals surface area contributed by atoms with Gasteiger partial charge in [-0.05, 0) is 23.8 Å². The molecule has 0 aliphatic carbocycles. The summed E-state index contributed by atoms with van der Waals surface area (Å²) in [4.78, 5) is 27.3. The molecule has 1 aliphatic rings. The van der Waals surface area contributed by atoms with Crippen molar-refractivity contribution < 1.29 is 14.5 Å². The number of hydrogen-bond donors (Lipinski definition) is 0. The molecule has 3 rings (SSSR count). The molecule has 0 radical (unpaired) electrons. The van der Waals surface area contributed by atoms with Crippen LogP contribution in [-0.2, 0) is 11.3 Å². The topological polar surface area (TPSA) is 75.9 Å². The first kappa shape index (κ1) is 17.9. The Morgan fingerprint density at radius 1 is 1.12 bits per heavy atom. The number of hydrogen-bond acceptors (Lipinski definition) is 5. The van der Waals surface area contributed by atoms with Crippen LogP contribution in [0.3, 0.4) is 0 Å². The molecule has 0 bridgehead atoms. The van der Waals surface area contributed by atoms with Gasteiger partial charge in [-0.15, -0.1) is 0 Å². The van der Waals surface area contributed by atoms with Gasteiger partial charge < -0.3 is 14.5 Å².